The minimum Gasteiger partial charge on any atom is -0.463 e. The Balaban J connectivity index is 2.38. The molecule has 0 radical (unpaired) electrons. The van der Waals surface area contributed by atoms with Crippen molar-refractivity contribution in [3.63, 3.8) is 0 Å². The van der Waals surface area contributed by atoms with Crippen molar-refractivity contribution in [2.24, 2.45) is 11.8 Å². The van der Waals surface area contributed by atoms with E-state index in [2.05, 4.69) is 0 Å². The summed E-state index contributed by atoms with van der Waals surface area (Å²) in [5, 5.41) is 10.3. The maximum Gasteiger partial charge on any atom is 0.306 e. The number of halogens is 2. The Labute approximate surface area is 203 Å². The zero-order valence-electron chi connectivity index (χ0n) is 21.2. The zero-order valence-corrected chi connectivity index (χ0v) is 21.2. The lowest BCUT2D eigenvalue weighted by Gasteiger charge is -2.21. The van der Waals surface area contributed by atoms with Crippen molar-refractivity contribution < 1.29 is 33.0 Å². The summed E-state index contributed by atoms with van der Waals surface area (Å²) >= 11 is 0. The Morgan fingerprint density at radius 2 is 1.79 bits per heavy atom. The Morgan fingerprint density at radius 1 is 1.09 bits per heavy atom. The number of ether oxygens (including phenoxy) is 1. The van der Waals surface area contributed by atoms with E-state index >= 15 is 0 Å². The molecule has 0 aliphatic heterocycles. The number of rotatable bonds is 18. The number of hydrogen-bond acceptors (Lipinski definition) is 5. The molecule has 1 rings (SSSR count). The summed E-state index contributed by atoms with van der Waals surface area (Å²) in [4.78, 5) is 35.9. The molecule has 0 aromatic rings. The highest BCUT2D eigenvalue weighted by Gasteiger charge is 2.43. The van der Waals surface area contributed by atoms with Crippen LogP contribution in [0.15, 0.2) is 12.2 Å². The number of esters is 1. The second-order valence-electron chi connectivity index (χ2n) is 9.83. The molecule has 0 heterocycles. The van der Waals surface area contributed by atoms with Crippen molar-refractivity contribution in [3.05, 3.63) is 12.2 Å². The third-order valence-corrected chi connectivity index (χ3v) is 6.47. The van der Waals surface area contributed by atoms with E-state index in [1.165, 1.54) is 0 Å². The molecule has 3 unspecified atom stereocenters. The number of unbranched alkanes of at least 4 members (excludes halogenated alkanes) is 6. The Morgan fingerprint density at radius 3 is 2.47 bits per heavy atom. The third kappa shape index (κ3) is 11.7. The lowest BCUT2D eigenvalue weighted by atomic mass is 9.86. The monoisotopic (exact) mass is 486 g/mol. The minimum atomic E-state index is -3.33. The molecule has 1 saturated carbocycles. The van der Waals surface area contributed by atoms with Crippen LogP contribution in [0.4, 0.5) is 8.78 Å². The quantitative estimate of drug-likeness (QED) is 0.139. The van der Waals surface area contributed by atoms with Gasteiger partial charge in [-0.25, -0.2) is 0 Å². The molecule has 1 fully saturated rings. The first-order valence-corrected chi connectivity index (χ1v) is 13.0. The number of aliphatic hydroxyl groups is 1. The van der Waals surface area contributed by atoms with Crippen LogP contribution in [-0.2, 0) is 19.1 Å². The Bertz CT molecular complexity index is 659. The summed E-state index contributed by atoms with van der Waals surface area (Å²) < 4.78 is 33.4. The fourth-order valence-electron chi connectivity index (χ4n) is 4.50. The fourth-order valence-corrected chi connectivity index (χ4v) is 4.50. The standard InChI is InChI=1S/C27H44F2O5/c1-4-5-6-13-18-27(28,29)25(32)17-16-22-21(23(30)19-24(22)31)14-11-9-7-8-10-12-15-26(33)34-20(2)3/h9,11,20-22,24,31H,4-8,10,12-19H2,1-3H3/b11-9+. The average molecular weight is 487 g/mol. The van der Waals surface area contributed by atoms with Gasteiger partial charge < -0.3 is 9.84 Å². The number of allylic oxidation sites excluding steroid dienone is 2. The summed E-state index contributed by atoms with van der Waals surface area (Å²) in [7, 11) is 0. The summed E-state index contributed by atoms with van der Waals surface area (Å²) in [6.07, 6.45) is 9.41. The van der Waals surface area contributed by atoms with Crippen LogP contribution < -0.4 is 0 Å². The highest BCUT2D eigenvalue weighted by Crippen LogP contribution is 2.36. The Hall–Kier alpha value is -1.63. The van der Waals surface area contributed by atoms with Gasteiger partial charge in [0.2, 0.25) is 5.78 Å². The molecule has 196 valence electrons. The molecular weight excluding hydrogens is 442 g/mol. The van der Waals surface area contributed by atoms with Gasteiger partial charge in [0, 0.05) is 31.6 Å². The maximum absolute atomic E-state index is 14.1. The van der Waals surface area contributed by atoms with Crippen LogP contribution in [0.5, 0.6) is 0 Å². The third-order valence-electron chi connectivity index (χ3n) is 6.47. The van der Waals surface area contributed by atoms with E-state index in [9.17, 15) is 28.3 Å². The molecule has 5 nitrogen and oxygen atoms in total. The second-order valence-corrected chi connectivity index (χ2v) is 9.83. The average Bonchev–Trinajstić information content (AvgIpc) is 3.02. The van der Waals surface area contributed by atoms with Gasteiger partial charge in [0.1, 0.15) is 5.78 Å². The maximum atomic E-state index is 14.1. The van der Waals surface area contributed by atoms with Crippen LogP contribution in [0.1, 0.15) is 111 Å². The first-order valence-electron chi connectivity index (χ1n) is 13.0. The van der Waals surface area contributed by atoms with E-state index in [1.807, 2.05) is 32.9 Å². The van der Waals surface area contributed by atoms with Gasteiger partial charge in [-0.15, -0.1) is 0 Å². The predicted molar refractivity (Wildman–Crippen MR) is 129 cm³/mol. The van der Waals surface area contributed by atoms with Crippen molar-refractivity contribution in [2.75, 3.05) is 0 Å². The molecule has 7 heteroatoms. The zero-order chi connectivity index (χ0) is 25.6. The van der Waals surface area contributed by atoms with Crippen molar-refractivity contribution in [3.8, 4) is 0 Å². The number of hydrogen-bond donors (Lipinski definition) is 1. The smallest absolute Gasteiger partial charge is 0.306 e. The molecule has 3 atom stereocenters. The first kappa shape index (κ1) is 30.4. The van der Waals surface area contributed by atoms with Gasteiger partial charge in [0.15, 0.2) is 0 Å². The first-order chi connectivity index (χ1) is 16.1. The van der Waals surface area contributed by atoms with Crippen LogP contribution in [0.2, 0.25) is 0 Å². The van der Waals surface area contributed by atoms with Crippen molar-refractivity contribution >= 4 is 17.5 Å². The van der Waals surface area contributed by atoms with Crippen LogP contribution in [-0.4, -0.2) is 40.8 Å². The fraction of sp³-hybridized carbons (Fsp3) is 0.815. The van der Waals surface area contributed by atoms with Crippen LogP contribution >= 0.6 is 0 Å². The van der Waals surface area contributed by atoms with Crippen LogP contribution in [0.25, 0.3) is 0 Å². The number of Topliss-reactive ketones (excluding diaryl/α,β-unsaturated/α-hetero) is 2. The van der Waals surface area contributed by atoms with Crippen molar-refractivity contribution in [1.29, 1.82) is 0 Å². The molecule has 1 aliphatic rings. The molecule has 0 bridgehead atoms. The summed E-state index contributed by atoms with van der Waals surface area (Å²) in [5.74, 6) is -5.54. The molecule has 0 aromatic carbocycles. The van der Waals surface area contributed by atoms with E-state index in [4.69, 9.17) is 4.74 Å². The van der Waals surface area contributed by atoms with Crippen molar-refractivity contribution in [2.45, 2.75) is 129 Å². The molecule has 1 N–H and O–H groups in total. The Kier molecular flexibility index (Phi) is 14.4. The number of alkyl halides is 2. The van der Waals surface area contributed by atoms with E-state index < -0.39 is 36.1 Å². The molecular formula is C27H44F2O5. The van der Waals surface area contributed by atoms with Crippen LogP contribution in [0, 0.1) is 11.8 Å². The number of carbonyl (C=O) groups is 3. The van der Waals surface area contributed by atoms with Gasteiger partial charge in [-0.1, -0.05) is 44.8 Å². The molecule has 0 amide bonds. The van der Waals surface area contributed by atoms with Gasteiger partial charge in [0.25, 0.3) is 0 Å². The molecule has 0 spiro atoms. The van der Waals surface area contributed by atoms with Gasteiger partial charge in [-0.2, -0.15) is 8.78 Å². The number of aliphatic hydroxyl groups excluding tert-OH is 1. The molecule has 0 saturated heterocycles. The summed E-state index contributed by atoms with van der Waals surface area (Å²) in [5.41, 5.74) is 0. The molecule has 34 heavy (non-hydrogen) atoms. The van der Waals surface area contributed by atoms with Crippen molar-refractivity contribution in [1.82, 2.24) is 0 Å². The van der Waals surface area contributed by atoms with Gasteiger partial charge in [-0.05, 0) is 58.3 Å². The van der Waals surface area contributed by atoms with E-state index in [1.54, 1.807) is 0 Å². The summed E-state index contributed by atoms with van der Waals surface area (Å²) in [6, 6.07) is 0. The van der Waals surface area contributed by atoms with Crippen LogP contribution in [0.3, 0.4) is 0 Å². The lowest BCUT2D eigenvalue weighted by molar-refractivity contribution is -0.147. The highest BCUT2D eigenvalue weighted by atomic mass is 19.3. The van der Waals surface area contributed by atoms with Gasteiger partial charge >= 0.3 is 11.9 Å². The largest absolute Gasteiger partial charge is 0.463 e. The number of carbonyl (C=O) groups excluding carboxylic acids is 3. The molecule has 1 aliphatic carbocycles. The second kappa shape index (κ2) is 16.1. The number of ketones is 2. The lowest BCUT2D eigenvalue weighted by Crippen LogP contribution is -2.30. The van der Waals surface area contributed by atoms with E-state index in [0.717, 1.165) is 38.5 Å². The SMILES string of the molecule is CCCCCCC(F)(F)C(=O)CCC1C(O)CC(=O)C1C/C=C/CCCCCC(=O)OC(C)C. The van der Waals surface area contributed by atoms with Gasteiger partial charge in [0.05, 0.1) is 12.2 Å². The minimum absolute atomic E-state index is 0.0251. The normalized spacial score (nSPS) is 21.0. The molecule has 0 aromatic heterocycles. The predicted octanol–water partition coefficient (Wildman–Crippen LogP) is 6.36. The van der Waals surface area contributed by atoms with E-state index in [-0.39, 0.29) is 37.1 Å². The highest BCUT2D eigenvalue weighted by molar-refractivity contribution is 5.86. The summed E-state index contributed by atoms with van der Waals surface area (Å²) in [6.45, 7) is 5.65. The van der Waals surface area contributed by atoms with E-state index in [0.29, 0.717) is 25.7 Å². The van der Waals surface area contributed by atoms with Gasteiger partial charge in [-0.3, -0.25) is 14.4 Å². The topological polar surface area (TPSA) is 80.7 Å².